The van der Waals surface area contributed by atoms with Gasteiger partial charge in [0.2, 0.25) is 11.8 Å². The van der Waals surface area contributed by atoms with Crippen LogP contribution in [0.1, 0.15) is 30.9 Å². The number of rotatable bonds is 7. The molecule has 0 fully saturated rings. The Kier molecular flexibility index (Phi) is 6.83. The molecule has 5 N–H and O–H groups in total. The van der Waals surface area contributed by atoms with Crippen LogP contribution in [0, 0.1) is 0 Å². The van der Waals surface area contributed by atoms with Gasteiger partial charge < -0.3 is 16.8 Å². The zero-order valence-corrected chi connectivity index (χ0v) is 12.8. The fourth-order valence-electron chi connectivity index (χ4n) is 1.91. The standard InChI is InChI=1S/C14H17ClF3N3O2/c15-9-3-1-2-8(6-9)11(7-12(20)22)21-13(23)10(19)4-5-14(16,17)18/h1-3,6,10-11H,4-5,7,19H2,(H2,20,22)(H,21,23)/t10?,11-/m1/s1. The van der Waals surface area contributed by atoms with Crippen LogP contribution in [-0.2, 0) is 9.59 Å². The number of nitrogens with two attached hydrogens (primary N) is 2. The second kappa shape index (κ2) is 8.16. The summed E-state index contributed by atoms with van der Waals surface area (Å²) in [7, 11) is 0. The third kappa shape index (κ3) is 7.34. The summed E-state index contributed by atoms with van der Waals surface area (Å²) in [6, 6.07) is 4.20. The smallest absolute Gasteiger partial charge is 0.370 e. The van der Waals surface area contributed by atoms with Gasteiger partial charge in [-0.3, -0.25) is 9.59 Å². The third-order valence-electron chi connectivity index (χ3n) is 3.05. The SMILES string of the molecule is NC(=O)C[C@@H](NC(=O)C(N)CCC(F)(F)F)c1cccc(Cl)c1. The van der Waals surface area contributed by atoms with Crippen molar-refractivity contribution >= 4 is 23.4 Å². The molecule has 1 aromatic carbocycles. The molecule has 0 saturated heterocycles. The van der Waals surface area contributed by atoms with Crippen molar-refractivity contribution in [1.29, 1.82) is 0 Å². The maximum absolute atomic E-state index is 12.2. The van der Waals surface area contributed by atoms with E-state index in [1.807, 2.05) is 0 Å². The number of carbonyl (C=O) groups is 2. The number of benzene rings is 1. The summed E-state index contributed by atoms with van der Waals surface area (Å²) < 4.78 is 36.5. The van der Waals surface area contributed by atoms with E-state index in [0.717, 1.165) is 0 Å². The quantitative estimate of drug-likeness (QED) is 0.701. The number of alkyl halides is 3. The lowest BCUT2D eigenvalue weighted by Crippen LogP contribution is -2.43. The summed E-state index contributed by atoms with van der Waals surface area (Å²) >= 11 is 5.85. The molecule has 0 aliphatic carbocycles. The van der Waals surface area contributed by atoms with Crippen molar-refractivity contribution in [1.82, 2.24) is 5.32 Å². The number of primary amides is 1. The summed E-state index contributed by atoms with van der Waals surface area (Å²) in [4.78, 5) is 23.1. The average molecular weight is 352 g/mol. The van der Waals surface area contributed by atoms with Gasteiger partial charge in [0.05, 0.1) is 18.5 Å². The first-order valence-electron chi connectivity index (χ1n) is 6.75. The first-order chi connectivity index (χ1) is 10.6. The van der Waals surface area contributed by atoms with Crippen LogP contribution in [0.5, 0.6) is 0 Å². The van der Waals surface area contributed by atoms with E-state index in [1.165, 1.54) is 6.07 Å². The van der Waals surface area contributed by atoms with Gasteiger partial charge in [0.15, 0.2) is 0 Å². The van der Waals surface area contributed by atoms with E-state index in [1.54, 1.807) is 18.2 Å². The molecule has 1 rings (SSSR count). The van der Waals surface area contributed by atoms with Crippen LogP contribution in [0.15, 0.2) is 24.3 Å². The Morgan fingerprint density at radius 3 is 2.48 bits per heavy atom. The lowest BCUT2D eigenvalue weighted by molar-refractivity contribution is -0.138. The second-order valence-corrected chi connectivity index (χ2v) is 5.48. The van der Waals surface area contributed by atoms with Gasteiger partial charge in [-0.15, -0.1) is 0 Å². The lowest BCUT2D eigenvalue weighted by Gasteiger charge is -2.21. The molecular formula is C14H17ClF3N3O2. The van der Waals surface area contributed by atoms with Crippen molar-refractivity contribution in [3.8, 4) is 0 Å². The molecule has 128 valence electrons. The molecule has 5 nitrogen and oxygen atoms in total. The van der Waals surface area contributed by atoms with Crippen LogP contribution in [-0.4, -0.2) is 24.0 Å². The lowest BCUT2D eigenvalue weighted by atomic mass is 10.0. The number of hydrogen-bond donors (Lipinski definition) is 3. The van der Waals surface area contributed by atoms with Gasteiger partial charge in [-0.05, 0) is 24.1 Å². The van der Waals surface area contributed by atoms with Crippen LogP contribution in [0.3, 0.4) is 0 Å². The Hall–Kier alpha value is -1.80. The Morgan fingerprint density at radius 2 is 1.96 bits per heavy atom. The average Bonchev–Trinajstić information content (AvgIpc) is 2.42. The normalized spacial score (nSPS) is 14.1. The maximum atomic E-state index is 12.2. The van der Waals surface area contributed by atoms with Gasteiger partial charge in [-0.1, -0.05) is 23.7 Å². The van der Waals surface area contributed by atoms with E-state index < -0.39 is 42.9 Å². The number of halogens is 4. The van der Waals surface area contributed by atoms with Crippen molar-refractivity contribution in [2.45, 2.75) is 37.5 Å². The Bertz CT molecular complexity index is 566. The van der Waals surface area contributed by atoms with Crippen molar-refractivity contribution in [2.24, 2.45) is 11.5 Å². The molecule has 0 aliphatic heterocycles. The summed E-state index contributed by atoms with van der Waals surface area (Å²) in [5, 5.41) is 2.82. The molecule has 2 amide bonds. The third-order valence-corrected chi connectivity index (χ3v) is 3.28. The van der Waals surface area contributed by atoms with Crippen LogP contribution < -0.4 is 16.8 Å². The van der Waals surface area contributed by atoms with E-state index in [4.69, 9.17) is 23.1 Å². The number of hydrogen-bond acceptors (Lipinski definition) is 3. The van der Waals surface area contributed by atoms with Crippen LogP contribution >= 0.6 is 11.6 Å². The minimum absolute atomic E-state index is 0.224. The number of amides is 2. The largest absolute Gasteiger partial charge is 0.389 e. The number of carbonyl (C=O) groups excluding carboxylic acids is 2. The highest BCUT2D eigenvalue weighted by Gasteiger charge is 2.30. The van der Waals surface area contributed by atoms with Crippen molar-refractivity contribution < 1.29 is 22.8 Å². The molecule has 23 heavy (non-hydrogen) atoms. The maximum Gasteiger partial charge on any atom is 0.389 e. The first kappa shape index (κ1) is 19.2. The summed E-state index contributed by atoms with van der Waals surface area (Å²) in [6.07, 6.45) is -6.33. The molecule has 2 atom stereocenters. The number of nitrogens with one attached hydrogen (secondary N) is 1. The topological polar surface area (TPSA) is 98.2 Å². The van der Waals surface area contributed by atoms with Crippen molar-refractivity contribution in [3.05, 3.63) is 34.9 Å². The van der Waals surface area contributed by atoms with E-state index in [0.29, 0.717) is 10.6 Å². The predicted molar refractivity (Wildman–Crippen MR) is 79.4 cm³/mol. The van der Waals surface area contributed by atoms with Crippen LogP contribution in [0.4, 0.5) is 13.2 Å². The van der Waals surface area contributed by atoms with Gasteiger partial charge in [0.25, 0.3) is 0 Å². The first-order valence-corrected chi connectivity index (χ1v) is 7.13. The molecule has 0 heterocycles. The zero-order valence-electron chi connectivity index (χ0n) is 12.1. The highest BCUT2D eigenvalue weighted by molar-refractivity contribution is 6.30. The molecular weight excluding hydrogens is 335 g/mol. The molecule has 1 unspecified atom stereocenters. The summed E-state index contributed by atoms with van der Waals surface area (Å²) in [5.41, 5.74) is 11.1. The van der Waals surface area contributed by atoms with Gasteiger partial charge in [0, 0.05) is 11.4 Å². The summed E-state index contributed by atoms with van der Waals surface area (Å²) in [6.45, 7) is 0. The minimum atomic E-state index is -4.39. The monoisotopic (exact) mass is 351 g/mol. The summed E-state index contributed by atoms with van der Waals surface area (Å²) in [5.74, 6) is -1.47. The van der Waals surface area contributed by atoms with Gasteiger partial charge >= 0.3 is 6.18 Å². The Labute approximate surface area is 136 Å². The van der Waals surface area contributed by atoms with Crippen molar-refractivity contribution in [3.63, 3.8) is 0 Å². The molecule has 0 saturated carbocycles. The highest BCUT2D eigenvalue weighted by Crippen LogP contribution is 2.23. The second-order valence-electron chi connectivity index (χ2n) is 5.05. The van der Waals surface area contributed by atoms with Crippen molar-refractivity contribution in [2.75, 3.05) is 0 Å². The fourth-order valence-corrected chi connectivity index (χ4v) is 2.10. The predicted octanol–water partition coefficient (Wildman–Crippen LogP) is 2.04. The van der Waals surface area contributed by atoms with Gasteiger partial charge in [-0.25, -0.2) is 0 Å². The van der Waals surface area contributed by atoms with E-state index in [2.05, 4.69) is 5.32 Å². The Balaban J connectivity index is 2.77. The molecule has 0 bridgehead atoms. The molecule has 0 aliphatic rings. The van der Waals surface area contributed by atoms with Crippen LogP contribution in [0.25, 0.3) is 0 Å². The molecule has 0 radical (unpaired) electrons. The molecule has 0 aromatic heterocycles. The van der Waals surface area contributed by atoms with E-state index in [9.17, 15) is 22.8 Å². The fraction of sp³-hybridized carbons (Fsp3) is 0.429. The zero-order chi connectivity index (χ0) is 17.6. The van der Waals surface area contributed by atoms with Gasteiger partial charge in [-0.2, -0.15) is 13.2 Å². The Morgan fingerprint density at radius 1 is 1.30 bits per heavy atom. The van der Waals surface area contributed by atoms with E-state index >= 15 is 0 Å². The molecule has 1 aromatic rings. The van der Waals surface area contributed by atoms with Gasteiger partial charge in [0.1, 0.15) is 0 Å². The van der Waals surface area contributed by atoms with E-state index in [-0.39, 0.29) is 6.42 Å². The minimum Gasteiger partial charge on any atom is -0.370 e. The molecule has 9 heteroatoms. The van der Waals surface area contributed by atoms with Crippen LogP contribution in [0.2, 0.25) is 5.02 Å². The molecule has 0 spiro atoms. The highest BCUT2D eigenvalue weighted by atomic mass is 35.5.